The lowest BCUT2D eigenvalue weighted by molar-refractivity contribution is 0.139. The molecule has 1 fully saturated rings. The number of nitrogens with two attached hydrogens (primary N) is 1. The first-order valence-electron chi connectivity index (χ1n) is 5.86. The van der Waals surface area contributed by atoms with E-state index < -0.39 is 0 Å². The molecule has 1 aromatic carbocycles. The second kappa shape index (κ2) is 5.43. The standard InChI is InChI=1S/C13H20N2O/c1-16-10-9-15-8-7-12(14)13(15)11-5-3-2-4-6-11/h2-6,12-13H,7-10,14H2,1H3. The number of rotatable bonds is 4. The topological polar surface area (TPSA) is 38.5 Å². The molecule has 2 unspecified atom stereocenters. The lowest BCUT2D eigenvalue weighted by Crippen LogP contribution is -2.33. The predicted molar refractivity (Wildman–Crippen MR) is 65.2 cm³/mol. The number of hydrogen-bond acceptors (Lipinski definition) is 3. The van der Waals surface area contributed by atoms with E-state index in [1.165, 1.54) is 5.56 Å². The summed E-state index contributed by atoms with van der Waals surface area (Å²) >= 11 is 0. The Hall–Kier alpha value is -0.900. The van der Waals surface area contributed by atoms with Crippen LogP contribution in [-0.4, -0.2) is 37.7 Å². The number of benzene rings is 1. The predicted octanol–water partition coefficient (Wildman–Crippen LogP) is 1.41. The van der Waals surface area contributed by atoms with Gasteiger partial charge in [0.1, 0.15) is 0 Å². The van der Waals surface area contributed by atoms with Gasteiger partial charge < -0.3 is 10.5 Å². The van der Waals surface area contributed by atoms with Crippen LogP contribution in [0.4, 0.5) is 0 Å². The number of nitrogens with zero attached hydrogens (tertiary/aromatic N) is 1. The monoisotopic (exact) mass is 220 g/mol. The molecule has 0 saturated carbocycles. The van der Waals surface area contributed by atoms with Crippen LogP contribution in [0.15, 0.2) is 30.3 Å². The Morgan fingerprint density at radius 3 is 2.81 bits per heavy atom. The lowest BCUT2D eigenvalue weighted by Gasteiger charge is -2.26. The molecular formula is C13H20N2O. The summed E-state index contributed by atoms with van der Waals surface area (Å²) in [5, 5.41) is 0. The van der Waals surface area contributed by atoms with Gasteiger partial charge >= 0.3 is 0 Å². The molecule has 3 nitrogen and oxygen atoms in total. The van der Waals surface area contributed by atoms with Gasteiger partial charge in [-0.1, -0.05) is 30.3 Å². The summed E-state index contributed by atoms with van der Waals surface area (Å²) < 4.78 is 5.14. The average Bonchev–Trinajstić information content (AvgIpc) is 2.69. The first-order valence-corrected chi connectivity index (χ1v) is 5.86. The highest BCUT2D eigenvalue weighted by molar-refractivity contribution is 5.22. The molecule has 0 aliphatic carbocycles. The van der Waals surface area contributed by atoms with Crippen LogP contribution >= 0.6 is 0 Å². The Morgan fingerprint density at radius 1 is 1.38 bits per heavy atom. The molecule has 88 valence electrons. The number of ether oxygens (including phenoxy) is 1. The summed E-state index contributed by atoms with van der Waals surface area (Å²) in [5.41, 5.74) is 7.51. The molecule has 1 heterocycles. The van der Waals surface area contributed by atoms with Gasteiger partial charge in [-0.2, -0.15) is 0 Å². The van der Waals surface area contributed by atoms with Crippen molar-refractivity contribution < 1.29 is 4.74 Å². The van der Waals surface area contributed by atoms with Crippen LogP contribution < -0.4 is 5.73 Å². The molecule has 0 aromatic heterocycles. The quantitative estimate of drug-likeness (QED) is 0.833. The molecule has 0 amide bonds. The normalized spacial score (nSPS) is 26.1. The van der Waals surface area contributed by atoms with Crippen LogP contribution in [0, 0.1) is 0 Å². The molecular weight excluding hydrogens is 200 g/mol. The Labute approximate surface area is 97.2 Å². The van der Waals surface area contributed by atoms with E-state index in [2.05, 4.69) is 29.2 Å². The first kappa shape index (κ1) is 11.6. The largest absolute Gasteiger partial charge is 0.383 e. The third kappa shape index (κ3) is 2.43. The fourth-order valence-electron chi connectivity index (χ4n) is 2.45. The molecule has 3 heteroatoms. The number of methoxy groups -OCH3 is 1. The van der Waals surface area contributed by atoms with Crippen molar-refractivity contribution in [3.63, 3.8) is 0 Å². The van der Waals surface area contributed by atoms with E-state index >= 15 is 0 Å². The maximum Gasteiger partial charge on any atom is 0.0589 e. The van der Waals surface area contributed by atoms with E-state index in [4.69, 9.17) is 10.5 Å². The van der Waals surface area contributed by atoms with Crippen molar-refractivity contribution >= 4 is 0 Å². The zero-order chi connectivity index (χ0) is 11.4. The summed E-state index contributed by atoms with van der Waals surface area (Å²) in [5.74, 6) is 0. The van der Waals surface area contributed by atoms with Gasteiger partial charge in [0.05, 0.1) is 12.6 Å². The summed E-state index contributed by atoms with van der Waals surface area (Å²) in [6.07, 6.45) is 1.07. The Kier molecular flexibility index (Phi) is 3.93. The summed E-state index contributed by atoms with van der Waals surface area (Å²) in [7, 11) is 1.74. The third-order valence-electron chi connectivity index (χ3n) is 3.27. The maximum absolute atomic E-state index is 6.19. The summed E-state index contributed by atoms with van der Waals surface area (Å²) in [6, 6.07) is 11.1. The van der Waals surface area contributed by atoms with Crippen molar-refractivity contribution in [2.75, 3.05) is 26.8 Å². The summed E-state index contributed by atoms with van der Waals surface area (Å²) in [6.45, 7) is 2.81. The van der Waals surface area contributed by atoms with Crippen LogP contribution in [0.2, 0.25) is 0 Å². The molecule has 1 saturated heterocycles. The zero-order valence-corrected chi connectivity index (χ0v) is 9.80. The Morgan fingerprint density at radius 2 is 2.12 bits per heavy atom. The van der Waals surface area contributed by atoms with Gasteiger partial charge in [-0.05, 0) is 12.0 Å². The van der Waals surface area contributed by atoms with Crippen molar-refractivity contribution in [3.05, 3.63) is 35.9 Å². The average molecular weight is 220 g/mol. The highest BCUT2D eigenvalue weighted by atomic mass is 16.5. The molecule has 0 spiro atoms. The maximum atomic E-state index is 6.19. The van der Waals surface area contributed by atoms with Gasteiger partial charge in [0, 0.05) is 26.2 Å². The Bertz CT molecular complexity index is 315. The third-order valence-corrected chi connectivity index (χ3v) is 3.27. The number of hydrogen-bond donors (Lipinski definition) is 1. The molecule has 0 bridgehead atoms. The van der Waals surface area contributed by atoms with E-state index in [-0.39, 0.29) is 6.04 Å². The van der Waals surface area contributed by atoms with Gasteiger partial charge in [0.15, 0.2) is 0 Å². The van der Waals surface area contributed by atoms with Gasteiger partial charge in [0.25, 0.3) is 0 Å². The number of likely N-dealkylation sites (tertiary alicyclic amines) is 1. The second-order valence-electron chi connectivity index (χ2n) is 4.34. The molecule has 2 atom stereocenters. The van der Waals surface area contributed by atoms with E-state index in [1.54, 1.807) is 7.11 Å². The van der Waals surface area contributed by atoms with Crippen LogP contribution in [0.1, 0.15) is 18.0 Å². The van der Waals surface area contributed by atoms with Crippen molar-refractivity contribution in [1.82, 2.24) is 4.90 Å². The van der Waals surface area contributed by atoms with Crippen LogP contribution in [0.3, 0.4) is 0 Å². The van der Waals surface area contributed by atoms with Crippen molar-refractivity contribution in [2.45, 2.75) is 18.5 Å². The molecule has 2 rings (SSSR count). The molecule has 2 N–H and O–H groups in total. The molecule has 1 aromatic rings. The molecule has 16 heavy (non-hydrogen) atoms. The minimum absolute atomic E-state index is 0.249. The van der Waals surface area contributed by atoms with Crippen LogP contribution in [-0.2, 0) is 4.74 Å². The fraction of sp³-hybridized carbons (Fsp3) is 0.538. The van der Waals surface area contributed by atoms with E-state index in [0.29, 0.717) is 6.04 Å². The van der Waals surface area contributed by atoms with E-state index in [1.807, 2.05) is 6.07 Å². The molecule has 1 aliphatic heterocycles. The van der Waals surface area contributed by atoms with Gasteiger partial charge in [-0.3, -0.25) is 4.90 Å². The van der Waals surface area contributed by atoms with Gasteiger partial charge in [0.2, 0.25) is 0 Å². The van der Waals surface area contributed by atoms with Gasteiger partial charge in [-0.25, -0.2) is 0 Å². The lowest BCUT2D eigenvalue weighted by atomic mass is 10.0. The Balaban J connectivity index is 2.10. The molecule has 1 aliphatic rings. The van der Waals surface area contributed by atoms with Crippen LogP contribution in [0.25, 0.3) is 0 Å². The second-order valence-corrected chi connectivity index (χ2v) is 4.34. The fourth-order valence-corrected chi connectivity index (χ4v) is 2.45. The van der Waals surface area contributed by atoms with Crippen molar-refractivity contribution in [3.8, 4) is 0 Å². The zero-order valence-electron chi connectivity index (χ0n) is 9.80. The minimum atomic E-state index is 0.249. The first-order chi connectivity index (χ1) is 7.83. The SMILES string of the molecule is COCCN1CCC(N)C1c1ccccc1. The summed E-state index contributed by atoms with van der Waals surface area (Å²) in [4.78, 5) is 2.42. The van der Waals surface area contributed by atoms with Crippen molar-refractivity contribution in [1.29, 1.82) is 0 Å². The van der Waals surface area contributed by atoms with E-state index in [9.17, 15) is 0 Å². The smallest absolute Gasteiger partial charge is 0.0589 e. The van der Waals surface area contributed by atoms with Crippen LogP contribution in [0.5, 0.6) is 0 Å². The highest BCUT2D eigenvalue weighted by Gasteiger charge is 2.32. The molecule has 0 radical (unpaired) electrons. The minimum Gasteiger partial charge on any atom is -0.383 e. The van der Waals surface area contributed by atoms with E-state index in [0.717, 1.165) is 26.1 Å². The van der Waals surface area contributed by atoms with Gasteiger partial charge in [-0.15, -0.1) is 0 Å². The van der Waals surface area contributed by atoms with Crippen molar-refractivity contribution in [2.24, 2.45) is 5.73 Å². The highest BCUT2D eigenvalue weighted by Crippen LogP contribution is 2.30.